The normalized spacial score (nSPS) is 15.4. The van der Waals surface area contributed by atoms with Crippen LogP contribution in [0, 0.1) is 11.3 Å². The molecule has 0 bridgehead atoms. The number of carbonyl (C=O) groups excluding carboxylic acids is 1. The minimum Gasteiger partial charge on any atom is -0.349 e. The van der Waals surface area contributed by atoms with Gasteiger partial charge in [0.25, 0.3) is 5.91 Å². The number of fused-ring (bicyclic) bond motifs is 1. The Hall–Kier alpha value is -2.86. The highest BCUT2D eigenvalue weighted by Crippen LogP contribution is 2.29. The van der Waals surface area contributed by atoms with Crippen molar-refractivity contribution in [2.75, 3.05) is 26.2 Å². The zero-order chi connectivity index (χ0) is 20.6. The summed E-state index contributed by atoms with van der Waals surface area (Å²) in [7, 11) is -3.81. The fourth-order valence-corrected chi connectivity index (χ4v) is 5.32. The number of carbonyl (C=O) groups is 1. The Balaban J connectivity index is 1.52. The predicted molar refractivity (Wildman–Crippen MR) is 109 cm³/mol. The Morgan fingerprint density at radius 2 is 1.69 bits per heavy atom. The topological polar surface area (TPSA) is 97.3 Å². The zero-order valence-electron chi connectivity index (χ0n) is 15.3. The molecule has 1 aliphatic heterocycles. The van der Waals surface area contributed by atoms with Crippen LogP contribution in [0.2, 0.25) is 5.02 Å². The van der Waals surface area contributed by atoms with Crippen molar-refractivity contribution in [3.8, 4) is 6.07 Å². The van der Waals surface area contributed by atoms with Crippen LogP contribution in [0.3, 0.4) is 0 Å². The van der Waals surface area contributed by atoms with Crippen molar-refractivity contribution >= 4 is 38.4 Å². The van der Waals surface area contributed by atoms with E-state index in [9.17, 15) is 18.5 Å². The highest BCUT2D eigenvalue weighted by Gasteiger charge is 2.32. The largest absolute Gasteiger partial charge is 0.349 e. The average Bonchev–Trinajstić information content (AvgIpc) is 3.10. The van der Waals surface area contributed by atoms with Gasteiger partial charge in [-0.15, -0.1) is 0 Å². The van der Waals surface area contributed by atoms with Crippen molar-refractivity contribution in [3.63, 3.8) is 0 Å². The number of rotatable bonds is 3. The Labute approximate surface area is 173 Å². The molecule has 1 saturated heterocycles. The maximum absolute atomic E-state index is 12.9. The van der Waals surface area contributed by atoms with Crippen LogP contribution in [0.15, 0.2) is 53.4 Å². The summed E-state index contributed by atoms with van der Waals surface area (Å²) in [5, 5.41) is 10.3. The molecule has 0 radical (unpaired) electrons. The van der Waals surface area contributed by atoms with Crippen LogP contribution in [0.4, 0.5) is 0 Å². The second-order valence-electron chi connectivity index (χ2n) is 6.66. The number of para-hydroxylation sites is 1. The summed E-state index contributed by atoms with van der Waals surface area (Å²) >= 11 is 6.37. The van der Waals surface area contributed by atoms with Gasteiger partial charge in [-0.3, -0.25) is 4.79 Å². The number of amides is 1. The van der Waals surface area contributed by atoms with Gasteiger partial charge in [-0.2, -0.15) is 9.57 Å². The Bertz CT molecular complexity index is 1240. The fourth-order valence-electron chi connectivity index (χ4n) is 3.47. The molecule has 7 nitrogen and oxygen atoms in total. The number of hydrogen-bond acceptors (Lipinski definition) is 4. The Morgan fingerprint density at radius 1 is 1.03 bits per heavy atom. The van der Waals surface area contributed by atoms with Gasteiger partial charge in [0, 0.05) is 37.1 Å². The van der Waals surface area contributed by atoms with Gasteiger partial charge in [-0.05, 0) is 18.2 Å². The summed E-state index contributed by atoms with van der Waals surface area (Å²) < 4.78 is 27.2. The number of H-pyrrole nitrogens is 1. The van der Waals surface area contributed by atoms with E-state index >= 15 is 0 Å². The SMILES string of the molecule is N#Cc1ccccc1S(=O)(=O)N1CCN(C(=O)c2[nH]c3ccccc3c2Cl)CC1. The molecule has 0 aliphatic carbocycles. The first-order valence-electron chi connectivity index (χ1n) is 8.98. The number of piperazine rings is 1. The molecule has 9 heteroatoms. The molecule has 1 fully saturated rings. The number of aromatic nitrogens is 1. The third-order valence-corrected chi connectivity index (χ3v) is 7.36. The molecule has 2 aromatic carbocycles. The molecular formula is C20H17ClN4O3S. The lowest BCUT2D eigenvalue weighted by Gasteiger charge is -2.34. The maximum atomic E-state index is 12.9. The number of nitrogens with one attached hydrogen (secondary N) is 1. The van der Waals surface area contributed by atoms with E-state index < -0.39 is 10.0 Å². The van der Waals surface area contributed by atoms with Crippen LogP contribution in [-0.2, 0) is 10.0 Å². The lowest BCUT2D eigenvalue weighted by Crippen LogP contribution is -2.50. The average molecular weight is 429 g/mol. The number of nitrogens with zero attached hydrogens (tertiary/aromatic N) is 3. The molecule has 2 heterocycles. The van der Waals surface area contributed by atoms with Gasteiger partial charge in [-0.25, -0.2) is 8.42 Å². The van der Waals surface area contributed by atoms with E-state index in [0.717, 1.165) is 10.9 Å². The van der Waals surface area contributed by atoms with E-state index in [2.05, 4.69) is 4.98 Å². The van der Waals surface area contributed by atoms with E-state index in [1.165, 1.54) is 16.4 Å². The van der Waals surface area contributed by atoms with Crippen LogP contribution < -0.4 is 0 Å². The Morgan fingerprint density at radius 3 is 2.38 bits per heavy atom. The summed E-state index contributed by atoms with van der Waals surface area (Å²) in [5.74, 6) is -0.263. The summed E-state index contributed by atoms with van der Waals surface area (Å²) in [6.45, 7) is 0.758. The number of nitriles is 1. The first-order valence-corrected chi connectivity index (χ1v) is 10.8. The lowest BCUT2D eigenvalue weighted by molar-refractivity contribution is 0.0693. The molecule has 0 atom stereocenters. The maximum Gasteiger partial charge on any atom is 0.271 e. The second kappa shape index (κ2) is 7.52. The number of hydrogen-bond donors (Lipinski definition) is 1. The number of aromatic amines is 1. The minimum absolute atomic E-state index is 0.0130. The van der Waals surface area contributed by atoms with Gasteiger partial charge in [0.1, 0.15) is 11.8 Å². The molecule has 1 aromatic heterocycles. The molecule has 0 unspecified atom stereocenters. The molecule has 1 aliphatic rings. The van der Waals surface area contributed by atoms with Gasteiger partial charge in [0.05, 0.1) is 15.5 Å². The molecule has 29 heavy (non-hydrogen) atoms. The van der Waals surface area contributed by atoms with Crippen molar-refractivity contribution in [1.29, 1.82) is 5.26 Å². The van der Waals surface area contributed by atoms with Crippen molar-refractivity contribution in [1.82, 2.24) is 14.2 Å². The van der Waals surface area contributed by atoms with Gasteiger partial charge >= 0.3 is 0 Å². The highest BCUT2D eigenvalue weighted by atomic mass is 35.5. The zero-order valence-corrected chi connectivity index (χ0v) is 16.9. The lowest BCUT2D eigenvalue weighted by atomic mass is 10.2. The molecular weight excluding hydrogens is 412 g/mol. The van der Waals surface area contributed by atoms with Crippen LogP contribution in [0.25, 0.3) is 10.9 Å². The molecule has 4 rings (SSSR count). The monoisotopic (exact) mass is 428 g/mol. The van der Waals surface area contributed by atoms with Crippen LogP contribution in [0.1, 0.15) is 16.1 Å². The smallest absolute Gasteiger partial charge is 0.271 e. The number of benzene rings is 2. The van der Waals surface area contributed by atoms with Gasteiger partial charge in [-0.1, -0.05) is 41.9 Å². The third-order valence-electron chi connectivity index (χ3n) is 5.01. The quantitative estimate of drug-likeness (QED) is 0.693. The molecule has 1 amide bonds. The van der Waals surface area contributed by atoms with E-state index in [4.69, 9.17) is 11.6 Å². The summed E-state index contributed by atoms with van der Waals surface area (Å²) in [5.41, 5.74) is 1.19. The predicted octanol–water partition coefficient (Wildman–Crippen LogP) is 2.84. The number of halogens is 1. The standard InChI is InChI=1S/C20H17ClN4O3S/c21-18-15-6-2-3-7-16(15)23-19(18)20(26)24-9-11-25(12-10-24)29(27,28)17-8-4-1-5-14(17)13-22/h1-8,23H,9-12H2. The second-order valence-corrected chi connectivity index (χ2v) is 8.95. The first-order chi connectivity index (χ1) is 13.9. The molecule has 3 aromatic rings. The summed E-state index contributed by atoms with van der Waals surface area (Å²) in [4.78, 5) is 17.5. The van der Waals surface area contributed by atoms with Crippen molar-refractivity contribution in [2.45, 2.75) is 4.90 Å². The van der Waals surface area contributed by atoms with E-state index in [0.29, 0.717) is 10.7 Å². The molecule has 0 saturated carbocycles. The third kappa shape index (κ3) is 3.38. The first kappa shape index (κ1) is 19.5. The Kier molecular flexibility index (Phi) is 5.04. The minimum atomic E-state index is -3.81. The molecule has 0 spiro atoms. The van der Waals surface area contributed by atoms with Gasteiger partial charge < -0.3 is 9.88 Å². The van der Waals surface area contributed by atoms with E-state index in [-0.39, 0.29) is 42.5 Å². The summed E-state index contributed by atoms with van der Waals surface area (Å²) in [6.07, 6.45) is 0. The molecule has 148 valence electrons. The van der Waals surface area contributed by atoms with Crippen molar-refractivity contribution < 1.29 is 13.2 Å². The van der Waals surface area contributed by atoms with Gasteiger partial charge in [0.15, 0.2) is 0 Å². The van der Waals surface area contributed by atoms with Gasteiger partial charge in [0.2, 0.25) is 10.0 Å². The van der Waals surface area contributed by atoms with Crippen molar-refractivity contribution in [3.05, 3.63) is 64.8 Å². The van der Waals surface area contributed by atoms with Crippen molar-refractivity contribution in [2.24, 2.45) is 0 Å². The van der Waals surface area contributed by atoms with E-state index in [1.54, 1.807) is 17.0 Å². The summed E-state index contributed by atoms with van der Waals surface area (Å²) in [6, 6.07) is 15.4. The van der Waals surface area contributed by atoms with Crippen LogP contribution in [-0.4, -0.2) is 54.7 Å². The number of sulfonamides is 1. The fraction of sp³-hybridized carbons (Fsp3) is 0.200. The highest BCUT2D eigenvalue weighted by molar-refractivity contribution is 7.89. The van der Waals surface area contributed by atoms with Crippen LogP contribution >= 0.6 is 11.6 Å². The van der Waals surface area contributed by atoms with E-state index in [1.807, 2.05) is 30.3 Å². The van der Waals surface area contributed by atoms with Crippen LogP contribution in [0.5, 0.6) is 0 Å². The molecule has 1 N–H and O–H groups in total.